The summed E-state index contributed by atoms with van der Waals surface area (Å²) in [4.78, 5) is 0. The van der Waals surface area contributed by atoms with Crippen molar-refractivity contribution in [2.75, 3.05) is 0 Å². The monoisotopic (exact) mass is 250 g/mol. The fourth-order valence-corrected chi connectivity index (χ4v) is 2.90. The predicted octanol–water partition coefficient (Wildman–Crippen LogP) is 2.51. The number of rotatable bonds is 4. The van der Waals surface area contributed by atoms with Crippen LogP contribution in [0.2, 0.25) is 0 Å². The molecule has 0 bridgehead atoms. The van der Waals surface area contributed by atoms with E-state index in [1.165, 1.54) is 32.1 Å². The fourth-order valence-electron chi connectivity index (χ4n) is 2.90. The first-order chi connectivity index (χ1) is 8.66. The summed E-state index contributed by atoms with van der Waals surface area (Å²) < 4.78 is 1.99. The Morgan fingerprint density at radius 2 is 2.17 bits per heavy atom. The average Bonchev–Trinajstić information content (AvgIpc) is 2.62. The zero-order valence-electron chi connectivity index (χ0n) is 11.9. The Morgan fingerprint density at radius 3 is 2.83 bits per heavy atom. The summed E-state index contributed by atoms with van der Waals surface area (Å²) in [5.74, 6) is 2.79. The molecule has 1 saturated carbocycles. The maximum Gasteiger partial charge on any atom is 0.146 e. The van der Waals surface area contributed by atoms with Crippen LogP contribution in [0.5, 0.6) is 0 Å². The van der Waals surface area contributed by atoms with Gasteiger partial charge in [0, 0.05) is 13.1 Å². The highest BCUT2D eigenvalue weighted by Gasteiger charge is 2.20. The number of aryl methyl sites for hydroxylation is 1. The molecule has 1 aromatic rings. The van der Waals surface area contributed by atoms with E-state index in [0.29, 0.717) is 6.04 Å². The molecule has 1 aliphatic carbocycles. The van der Waals surface area contributed by atoms with E-state index in [0.717, 1.165) is 24.2 Å². The van der Waals surface area contributed by atoms with E-state index in [2.05, 4.69) is 29.4 Å². The molecule has 0 spiro atoms. The lowest BCUT2D eigenvalue weighted by Gasteiger charge is -2.19. The van der Waals surface area contributed by atoms with Crippen molar-refractivity contribution in [3.8, 4) is 0 Å². The van der Waals surface area contributed by atoms with Gasteiger partial charge in [-0.1, -0.05) is 26.7 Å². The van der Waals surface area contributed by atoms with E-state index in [9.17, 15) is 0 Å². The van der Waals surface area contributed by atoms with Gasteiger partial charge in [-0.3, -0.25) is 0 Å². The molecule has 0 amide bonds. The minimum atomic E-state index is 0.658. The molecule has 102 valence electrons. The second-order valence-corrected chi connectivity index (χ2v) is 5.95. The van der Waals surface area contributed by atoms with Gasteiger partial charge in [0.1, 0.15) is 12.2 Å². The molecule has 1 aliphatic rings. The summed E-state index contributed by atoms with van der Waals surface area (Å²) in [6.07, 6.45) is 8.51. The highest BCUT2D eigenvalue weighted by molar-refractivity contribution is 4.85. The third-order valence-corrected chi connectivity index (χ3v) is 4.31. The first-order valence-electron chi connectivity index (χ1n) is 7.23. The van der Waals surface area contributed by atoms with E-state index in [4.69, 9.17) is 0 Å². The maximum atomic E-state index is 4.12. The summed E-state index contributed by atoms with van der Waals surface area (Å²) >= 11 is 0. The second kappa shape index (κ2) is 6.32. The lowest BCUT2D eigenvalue weighted by atomic mass is 9.89. The fraction of sp³-hybridized carbons (Fsp3) is 0.857. The molecule has 0 aliphatic heterocycles. The first kappa shape index (κ1) is 13.5. The lowest BCUT2D eigenvalue weighted by molar-refractivity contribution is 0.337. The van der Waals surface area contributed by atoms with Gasteiger partial charge in [-0.15, -0.1) is 10.2 Å². The van der Waals surface area contributed by atoms with Crippen LogP contribution >= 0.6 is 0 Å². The number of hydrogen-bond acceptors (Lipinski definition) is 3. The van der Waals surface area contributed by atoms with Crippen molar-refractivity contribution >= 4 is 0 Å². The Hall–Kier alpha value is -0.900. The van der Waals surface area contributed by atoms with Gasteiger partial charge in [-0.25, -0.2) is 0 Å². The SMILES string of the molecule is CC(C)C1CCCC(NCc2nncn2C)CC1. The first-order valence-corrected chi connectivity index (χ1v) is 7.23. The van der Waals surface area contributed by atoms with Gasteiger partial charge < -0.3 is 9.88 Å². The van der Waals surface area contributed by atoms with Gasteiger partial charge in [0.25, 0.3) is 0 Å². The molecular weight excluding hydrogens is 224 g/mol. The van der Waals surface area contributed by atoms with Gasteiger partial charge >= 0.3 is 0 Å². The van der Waals surface area contributed by atoms with Crippen molar-refractivity contribution in [3.05, 3.63) is 12.2 Å². The summed E-state index contributed by atoms with van der Waals surface area (Å²) in [7, 11) is 2.00. The Kier molecular flexibility index (Phi) is 4.75. The largest absolute Gasteiger partial charge is 0.320 e. The molecule has 18 heavy (non-hydrogen) atoms. The molecule has 2 rings (SSSR count). The topological polar surface area (TPSA) is 42.7 Å². The third kappa shape index (κ3) is 3.55. The number of nitrogens with one attached hydrogen (secondary N) is 1. The summed E-state index contributed by atoms with van der Waals surface area (Å²) in [5, 5.41) is 11.7. The number of nitrogens with zero attached hydrogens (tertiary/aromatic N) is 3. The quantitative estimate of drug-likeness (QED) is 0.835. The zero-order chi connectivity index (χ0) is 13.0. The smallest absolute Gasteiger partial charge is 0.146 e. The molecule has 4 nitrogen and oxygen atoms in total. The van der Waals surface area contributed by atoms with Crippen molar-refractivity contribution in [1.82, 2.24) is 20.1 Å². The van der Waals surface area contributed by atoms with Crippen LogP contribution in [0.4, 0.5) is 0 Å². The van der Waals surface area contributed by atoms with Gasteiger partial charge in [-0.2, -0.15) is 0 Å². The van der Waals surface area contributed by atoms with Crippen molar-refractivity contribution in [1.29, 1.82) is 0 Å². The zero-order valence-corrected chi connectivity index (χ0v) is 11.9. The van der Waals surface area contributed by atoms with E-state index in [1.54, 1.807) is 6.33 Å². The molecule has 0 radical (unpaired) electrons. The van der Waals surface area contributed by atoms with Crippen molar-refractivity contribution in [2.45, 2.75) is 58.5 Å². The average molecular weight is 250 g/mol. The molecular formula is C14H26N4. The van der Waals surface area contributed by atoms with Crippen LogP contribution in [-0.4, -0.2) is 20.8 Å². The number of hydrogen-bond donors (Lipinski definition) is 1. The molecule has 4 heteroatoms. The van der Waals surface area contributed by atoms with Crippen LogP contribution in [0.15, 0.2) is 6.33 Å². The molecule has 0 saturated heterocycles. The van der Waals surface area contributed by atoms with Crippen LogP contribution in [0.3, 0.4) is 0 Å². The van der Waals surface area contributed by atoms with Crippen molar-refractivity contribution in [3.63, 3.8) is 0 Å². The van der Waals surface area contributed by atoms with Crippen LogP contribution in [0, 0.1) is 11.8 Å². The standard InChI is InChI=1S/C14H26N4/c1-11(2)12-5-4-6-13(8-7-12)15-9-14-17-16-10-18(14)3/h10-13,15H,4-9H2,1-3H3. The molecule has 2 atom stereocenters. The van der Waals surface area contributed by atoms with Crippen LogP contribution in [0.1, 0.15) is 51.8 Å². The summed E-state index contributed by atoms with van der Waals surface area (Å²) in [6.45, 7) is 5.56. The third-order valence-electron chi connectivity index (χ3n) is 4.31. The summed E-state index contributed by atoms with van der Waals surface area (Å²) in [6, 6.07) is 0.658. The van der Waals surface area contributed by atoms with E-state index < -0.39 is 0 Å². The summed E-state index contributed by atoms with van der Waals surface area (Å²) in [5.41, 5.74) is 0. The highest BCUT2D eigenvalue weighted by atomic mass is 15.3. The van der Waals surface area contributed by atoms with E-state index in [1.807, 2.05) is 11.6 Å². The van der Waals surface area contributed by atoms with Crippen LogP contribution in [0.25, 0.3) is 0 Å². The second-order valence-electron chi connectivity index (χ2n) is 5.95. The molecule has 1 heterocycles. The van der Waals surface area contributed by atoms with Crippen LogP contribution < -0.4 is 5.32 Å². The Labute approximate surface area is 110 Å². The minimum Gasteiger partial charge on any atom is -0.320 e. The number of aromatic nitrogens is 3. The van der Waals surface area contributed by atoms with Gasteiger partial charge in [0.05, 0.1) is 6.54 Å². The Bertz CT molecular complexity index is 358. The van der Waals surface area contributed by atoms with E-state index in [-0.39, 0.29) is 0 Å². The van der Waals surface area contributed by atoms with Gasteiger partial charge in [0.2, 0.25) is 0 Å². The van der Waals surface area contributed by atoms with Crippen LogP contribution in [-0.2, 0) is 13.6 Å². The Morgan fingerprint density at radius 1 is 1.33 bits per heavy atom. The molecule has 0 aromatic carbocycles. The van der Waals surface area contributed by atoms with E-state index >= 15 is 0 Å². The molecule has 1 aromatic heterocycles. The normalized spacial score (nSPS) is 25.3. The predicted molar refractivity (Wildman–Crippen MR) is 73.0 cm³/mol. The Balaban J connectivity index is 1.79. The maximum absolute atomic E-state index is 4.12. The highest BCUT2D eigenvalue weighted by Crippen LogP contribution is 2.28. The molecule has 1 N–H and O–H groups in total. The van der Waals surface area contributed by atoms with Gasteiger partial charge in [-0.05, 0) is 31.1 Å². The molecule has 1 fully saturated rings. The lowest BCUT2D eigenvalue weighted by Crippen LogP contribution is -2.29. The van der Waals surface area contributed by atoms with Gasteiger partial charge in [0.15, 0.2) is 0 Å². The molecule has 2 unspecified atom stereocenters. The minimum absolute atomic E-state index is 0.658. The van der Waals surface area contributed by atoms with Crippen molar-refractivity contribution < 1.29 is 0 Å². The van der Waals surface area contributed by atoms with Crippen molar-refractivity contribution in [2.24, 2.45) is 18.9 Å².